The molecule has 0 aliphatic carbocycles. The van der Waals surface area contributed by atoms with Crippen LogP contribution in [-0.4, -0.2) is 149 Å². The summed E-state index contributed by atoms with van der Waals surface area (Å²) < 4.78 is 28.4. The van der Waals surface area contributed by atoms with E-state index >= 15 is 0 Å². The summed E-state index contributed by atoms with van der Waals surface area (Å²) >= 11 is 0. The summed E-state index contributed by atoms with van der Waals surface area (Å²) in [5, 5.41) is 117. The molecule has 2 aliphatic heterocycles. The first-order valence-electron chi connectivity index (χ1n) is 17.2. The number of carbonyl (C=O) groups is 1. The Morgan fingerprint density at radius 1 is 0.875 bits per heavy atom. The minimum absolute atomic E-state index is 0.0254. The number of nitrogens with zero attached hydrogens (tertiary/aromatic N) is 1. The SMILES string of the molecule is C[C@@H]1O[C@H](OC[C@@H]2O[C@H](Oc3c(-c4ccc(O)c(O)c4)oc4c(CN[C@H](CCCN=C(N)N)C(=O)O)c(O)cc(O)c4c3=O)[C@H](O)[C@H](O)[C@H]2O)[C@@H](O)[C@@H](O)[C@@H]1O. The van der Waals surface area contributed by atoms with E-state index in [2.05, 4.69) is 10.3 Å². The standard InChI is InChI=1S/C34H44N4O18/c1-11-21(43)24(46)26(48)32(53-11)52-10-19-22(44)25(47)27(49)33(54-19)56-30-23(45)20-18(42)8-16(40)13(9-38-14(31(50)51)3-2-6-37-34(35)36)29(20)55-28(30)12-4-5-15(39)17(41)7-12/h4-5,7-8,11,14,19,21-22,24-27,32-33,38-44,46-49H,2-3,6,9-10H2,1H3,(H,50,51)(H4,35,36,37)/t11-,14+,19-,21+,22-,24-,25+,26-,27+,32-,33+/m0/s1. The zero-order chi connectivity index (χ0) is 41.2. The molecule has 1 aromatic heterocycles. The summed E-state index contributed by atoms with van der Waals surface area (Å²) in [6.45, 7) is 0.402. The van der Waals surface area contributed by atoms with Crippen LogP contribution in [0.3, 0.4) is 0 Å². The molecule has 56 heavy (non-hydrogen) atoms. The number of nitrogens with one attached hydrogen (secondary N) is 1. The van der Waals surface area contributed by atoms with Crippen LogP contribution in [0.25, 0.3) is 22.3 Å². The van der Waals surface area contributed by atoms with Crippen LogP contribution in [0.5, 0.6) is 28.7 Å². The Morgan fingerprint density at radius 2 is 1.55 bits per heavy atom. The zero-order valence-corrected chi connectivity index (χ0v) is 29.6. The van der Waals surface area contributed by atoms with Gasteiger partial charge in [0.2, 0.25) is 17.5 Å². The molecule has 2 aromatic carbocycles. The highest BCUT2D eigenvalue weighted by molar-refractivity contribution is 5.91. The number of fused-ring (bicyclic) bond motifs is 1. The van der Waals surface area contributed by atoms with Crippen molar-refractivity contribution in [3.63, 3.8) is 0 Å². The number of aliphatic carboxylic acids is 1. The van der Waals surface area contributed by atoms with Crippen molar-refractivity contribution in [2.45, 2.75) is 93.8 Å². The molecule has 2 fully saturated rings. The number of guanidine groups is 1. The Balaban J connectivity index is 1.51. The number of aliphatic hydroxyl groups excluding tert-OH is 6. The van der Waals surface area contributed by atoms with Gasteiger partial charge in [0.1, 0.15) is 65.7 Å². The lowest BCUT2D eigenvalue weighted by molar-refractivity contribution is -0.318. The van der Waals surface area contributed by atoms with Gasteiger partial charge < -0.3 is 96.3 Å². The predicted octanol–water partition coefficient (Wildman–Crippen LogP) is -3.09. The third kappa shape index (κ3) is 8.84. The van der Waals surface area contributed by atoms with E-state index in [4.69, 9.17) is 34.8 Å². The van der Waals surface area contributed by atoms with E-state index in [1.807, 2.05) is 0 Å². The lowest BCUT2D eigenvalue weighted by Crippen LogP contribution is -2.61. The molecule has 308 valence electrons. The number of rotatable bonds is 14. The van der Waals surface area contributed by atoms with Crippen LogP contribution >= 0.6 is 0 Å². The highest BCUT2D eigenvalue weighted by atomic mass is 16.7. The zero-order valence-electron chi connectivity index (χ0n) is 29.6. The lowest BCUT2D eigenvalue weighted by atomic mass is 9.98. The molecule has 11 atom stereocenters. The third-order valence-corrected chi connectivity index (χ3v) is 9.33. The highest BCUT2D eigenvalue weighted by Crippen LogP contribution is 2.41. The number of aliphatic hydroxyl groups is 6. The highest BCUT2D eigenvalue weighted by Gasteiger charge is 2.48. The molecule has 0 unspecified atom stereocenters. The number of phenolic OH excluding ortho intramolecular Hbond substituents is 4. The number of ether oxygens (including phenoxy) is 4. The fourth-order valence-corrected chi connectivity index (χ4v) is 6.15. The van der Waals surface area contributed by atoms with Gasteiger partial charge in [0, 0.05) is 24.7 Å². The molecule has 3 aromatic rings. The minimum atomic E-state index is -2.07. The van der Waals surface area contributed by atoms with Gasteiger partial charge in [-0.15, -0.1) is 0 Å². The largest absolute Gasteiger partial charge is 0.507 e. The van der Waals surface area contributed by atoms with Gasteiger partial charge in [-0.1, -0.05) is 0 Å². The molecule has 0 saturated carbocycles. The van der Waals surface area contributed by atoms with Crippen molar-refractivity contribution in [1.82, 2.24) is 5.32 Å². The molecule has 3 heterocycles. The quantitative estimate of drug-likeness (QED) is 0.0333. The fourth-order valence-electron chi connectivity index (χ4n) is 6.15. The van der Waals surface area contributed by atoms with E-state index in [-0.39, 0.29) is 36.5 Å². The molecule has 0 spiro atoms. The molecule has 0 amide bonds. The fraction of sp³-hybridized carbons (Fsp3) is 0.500. The topological polar surface area (TPSA) is 383 Å². The Hall–Kier alpha value is -5.01. The average molecular weight is 797 g/mol. The van der Waals surface area contributed by atoms with Crippen molar-refractivity contribution in [3.8, 4) is 40.1 Å². The molecular weight excluding hydrogens is 752 g/mol. The first-order valence-corrected chi connectivity index (χ1v) is 17.2. The van der Waals surface area contributed by atoms with Gasteiger partial charge >= 0.3 is 5.97 Å². The summed E-state index contributed by atoms with van der Waals surface area (Å²) in [5.41, 5.74) is 8.64. The number of aliphatic imine (C=N–C) groups is 1. The summed E-state index contributed by atoms with van der Waals surface area (Å²) in [5.74, 6) is -5.53. The first-order chi connectivity index (χ1) is 26.4. The number of nitrogens with two attached hydrogens (primary N) is 2. The second-order valence-electron chi connectivity index (χ2n) is 13.3. The van der Waals surface area contributed by atoms with Crippen LogP contribution in [0.15, 0.2) is 38.5 Å². The predicted molar refractivity (Wildman–Crippen MR) is 188 cm³/mol. The summed E-state index contributed by atoms with van der Waals surface area (Å²) in [4.78, 5) is 30.1. The molecule has 2 saturated heterocycles. The van der Waals surface area contributed by atoms with Gasteiger partial charge in [-0.05, 0) is 38.0 Å². The van der Waals surface area contributed by atoms with Crippen LogP contribution in [0.1, 0.15) is 25.3 Å². The maximum atomic E-state index is 14.3. The number of hydrogen-bond acceptors (Lipinski definition) is 19. The van der Waals surface area contributed by atoms with E-state index in [0.29, 0.717) is 0 Å². The van der Waals surface area contributed by atoms with Crippen LogP contribution in [0.2, 0.25) is 0 Å². The van der Waals surface area contributed by atoms with Gasteiger partial charge in [0.15, 0.2) is 35.1 Å². The number of hydrogen-bond donors (Lipinski definition) is 14. The number of carboxylic acid groups (broad SMARTS) is 1. The van der Waals surface area contributed by atoms with E-state index < -0.39 is 137 Å². The van der Waals surface area contributed by atoms with Crippen molar-refractivity contribution in [2.75, 3.05) is 13.2 Å². The number of benzene rings is 2. The van der Waals surface area contributed by atoms with Crippen molar-refractivity contribution in [1.29, 1.82) is 0 Å². The van der Waals surface area contributed by atoms with Gasteiger partial charge in [-0.25, -0.2) is 0 Å². The number of phenols is 4. The molecule has 0 bridgehead atoms. The normalized spacial score (nSPS) is 28.5. The Labute approximate surface area is 316 Å². The third-order valence-electron chi connectivity index (χ3n) is 9.33. The van der Waals surface area contributed by atoms with E-state index in [0.717, 1.165) is 18.2 Å². The summed E-state index contributed by atoms with van der Waals surface area (Å²) in [6, 6.07) is 2.74. The van der Waals surface area contributed by atoms with Gasteiger partial charge in [0.25, 0.3) is 0 Å². The second kappa shape index (κ2) is 17.4. The van der Waals surface area contributed by atoms with Crippen LogP contribution < -0.4 is 26.9 Å². The minimum Gasteiger partial charge on any atom is -0.507 e. The summed E-state index contributed by atoms with van der Waals surface area (Å²) in [7, 11) is 0. The van der Waals surface area contributed by atoms with Gasteiger partial charge in [0.05, 0.1) is 18.3 Å². The van der Waals surface area contributed by atoms with Crippen LogP contribution in [-0.2, 0) is 25.5 Å². The number of carboxylic acids is 1. The van der Waals surface area contributed by atoms with Crippen molar-refractivity contribution >= 4 is 22.9 Å². The van der Waals surface area contributed by atoms with Crippen molar-refractivity contribution in [3.05, 3.63) is 40.1 Å². The van der Waals surface area contributed by atoms with Crippen molar-refractivity contribution < 1.29 is 84.3 Å². The van der Waals surface area contributed by atoms with Gasteiger partial charge in [-0.2, -0.15) is 0 Å². The van der Waals surface area contributed by atoms with E-state index in [1.54, 1.807) is 0 Å². The average Bonchev–Trinajstić information content (AvgIpc) is 3.14. The molecule has 2 aliphatic rings. The maximum absolute atomic E-state index is 14.3. The second-order valence-corrected chi connectivity index (χ2v) is 13.3. The molecule has 22 heteroatoms. The molecule has 5 rings (SSSR count). The number of aromatic hydroxyl groups is 4. The van der Waals surface area contributed by atoms with Crippen molar-refractivity contribution in [2.24, 2.45) is 16.5 Å². The Bertz CT molecular complexity index is 1970. The molecular formula is C34H44N4O18. The van der Waals surface area contributed by atoms with E-state index in [9.17, 15) is 65.8 Å². The lowest BCUT2D eigenvalue weighted by Gasteiger charge is -2.42. The monoisotopic (exact) mass is 796 g/mol. The maximum Gasteiger partial charge on any atom is 0.320 e. The summed E-state index contributed by atoms with van der Waals surface area (Å²) in [6.07, 6.45) is -16.6. The first kappa shape index (κ1) is 42.1. The Morgan fingerprint density at radius 3 is 2.21 bits per heavy atom. The van der Waals surface area contributed by atoms with Gasteiger partial charge in [-0.3, -0.25) is 14.6 Å². The Kier molecular flexibility index (Phi) is 13.1. The molecule has 16 N–H and O–H groups in total. The van der Waals surface area contributed by atoms with Crippen LogP contribution in [0.4, 0.5) is 0 Å². The van der Waals surface area contributed by atoms with Crippen LogP contribution in [0, 0.1) is 0 Å². The van der Waals surface area contributed by atoms with E-state index in [1.165, 1.54) is 13.0 Å². The smallest absolute Gasteiger partial charge is 0.320 e. The molecule has 0 radical (unpaired) electrons. The molecule has 22 nitrogen and oxygen atoms in total.